The molecule has 0 fully saturated rings. The van der Waals surface area contributed by atoms with E-state index in [1.54, 1.807) is 0 Å². The number of thioether (sulfide) groups is 1. The Labute approximate surface area is 96.0 Å². The van der Waals surface area contributed by atoms with E-state index in [9.17, 15) is 0 Å². The molecule has 1 aliphatic heterocycles. The predicted molar refractivity (Wildman–Crippen MR) is 68.7 cm³/mol. The fourth-order valence-electron chi connectivity index (χ4n) is 1.56. The van der Waals surface area contributed by atoms with Crippen molar-refractivity contribution in [1.82, 2.24) is 0 Å². The van der Waals surface area contributed by atoms with Gasteiger partial charge in [0.25, 0.3) is 0 Å². The molecule has 0 spiro atoms. The van der Waals surface area contributed by atoms with Crippen molar-refractivity contribution >= 4 is 16.8 Å². The monoisotopic (exact) mass is 219 g/mol. The summed E-state index contributed by atoms with van der Waals surface area (Å²) in [5, 5.41) is 1.20. The van der Waals surface area contributed by atoms with Gasteiger partial charge in [0, 0.05) is 11.3 Å². The highest BCUT2D eigenvalue weighted by Gasteiger charge is 2.29. The number of rotatable bonds is 1. The average Bonchev–Trinajstić information content (AvgIpc) is 2.67. The minimum atomic E-state index is 0.281. The van der Waals surface area contributed by atoms with Gasteiger partial charge in [-0.25, -0.2) is 0 Å². The molecule has 1 aromatic rings. The lowest BCUT2D eigenvalue weighted by Gasteiger charge is -2.23. The molecule has 1 unspecified atom stereocenters. The van der Waals surface area contributed by atoms with Crippen LogP contribution in [-0.2, 0) is 0 Å². The molecular weight excluding hydrogens is 202 g/mol. The van der Waals surface area contributed by atoms with Gasteiger partial charge in [-0.1, -0.05) is 51.1 Å². The normalized spacial score (nSPS) is 21.5. The fourth-order valence-corrected chi connectivity index (χ4v) is 2.95. The summed E-state index contributed by atoms with van der Waals surface area (Å²) >= 11 is 1.88. The van der Waals surface area contributed by atoms with Crippen LogP contribution in [0.4, 0.5) is 0 Å². The second-order valence-corrected chi connectivity index (χ2v) is 6.00. The van der Waals surface area contributed by atoms with Crippen molar-refractivity contribution in [3.8, 4) is 0 Å². The first kappa shape index (κ1) is 10.7. The van der Waals surface area contributed by atoms with Crippen molar-refractivity contribution in [2.75, 3.05) is 5.75 Å². The van der Waals surface area contributed by atoms with Crippen LogP contribution < -0.4 is 0 Å². The summed E-state index contributed by atoms with van der Waals surface area (Å²) in [6.45, 7) is 6.78. The zero-order chi connectivity index (χ0) is 10.9. The zero-order valence-electron chi connectivity index (χ0n) is 9.53. The lowest BCUT2D eigenvalue weighted by molar-refractivity contribution is 0.349. The van der Waals surface area contributed by atoms with Gasteiger partial charge in [0.1, 0.15) is 0 Å². The van der Waals surface area contributed by atoms with Gasteiger partial charge >= 0.3 is 0 Å². The maximum absolute atomic E-state index is 4.81. The molecule has 80 valence electrons. The molecule has 2 rings (SSSR count). The largest absolute Gasteiger partial charge is 0.273 e. The maximum atomic E-state index is 4.81. The molecule has 1 aliphatic rings. The molecule has 0 aliphatic carbocycles. The van der Waals surface area contributed by atoms with Crippen LogP contribution >= 0.6 is 11.8 Å². The third kappa shape index (κ3) is 2.43. The van der Waals surface area contributed by atoms with Crippen LogP contribution in [0, 0.1) is 5.41 Å². The van der Waals surface area contributed by atoms with E-state index in [2.05, 4.69) is 45.0 Å². The van der Waals surface area contributed by atoms with Crippen molar-refractivity contribution in [3.63, 3.8) is 0 Å². The molecule has 0 bridgehead atoms. The van der Waals surface area contributed by atoms with Crippen LogP contribution in [0.15, 0.2) is 35.3 Å². The second kappa shape index (κ2) is 4.01. The lowest BCUT2D eigenvalue weighted by atomic mass is 9.88. The standard InChI is InChI=1S/C13H17NS/c1-13(2,3)11-9-15-12(14-11)10-7-5-4-6-8-10/h4-8,11H,9H2,1-3H3. The van der Waals surface area contributed by atoms with Crippen LogP contribution in [0.3, 0.4) is 0 Å². The Hall–Kier alpha value is -0.760. The highest BCUT2D eigenvalue weighted by atomic mass is 32.2. The highest BCUT2D eigenvalue weighted by Crippen LogP contribution is 2.33. The number of benzene rings is 1. The van der Waals surface area contributed by atoms with E-state index in [1.165, 1.54) is 10.6 Å². The number of hydrogen-bond acceptors (Lipinski definition) is 2. The van der Waals surface area contributed by atoms with Gasteiger partial charge in [-0.05, 0) is 5.41 Å². The average molecular weight is 219 g/mol. The SMILES string of the molecule is CC(C)(C)C1CSC(c2ccccc2)=N1. The van der Waals surface area contributed by atoms with Crippen LogP contribution in [0.5, 0.6) is 0 Å². The smallest absolute Gasteiger partial charge is 0.0981 e. The summed E-state index contributed by atoms with van der Waals surface area (Å²) in [6, 6.07) is 10.9. The first-order valence-electron chi connectivity index (χ1n) is 5.33. The van der Waals surface area contributed by atoms with Crippen molar-refractivity contribution in [3.05, 3.63) is 35.9 Å². The lowest BCUT2D eigenvalue weighted by Crippen LogP contribution is -2.24. The van der Waals surface area contributed by atoms with E-state index in [1.807, 2.05) is 17.8 Å². The Morgan fingerprint density at radius 2 is 1.87 bits per heavy atom. The predicted octanol–water partition coefficient (Wildman–Crippen LogP) is 3.59. The summed E-state index contributed by atoms with van der Waals surface area (Å²) in [5.74, 6) is 1.12. The van der Waals surface area contributed by atoms with Gasteiger partial charge in [-0.3, -0.25) is 4.99 Å². The molecule has 0 N–H and O–H groups in total. The fraction of sp³-hybridized carbons (Fsp3) is 0.462. The van der Waals surface area contributed by atoms with Gasteiger partial charge < -0.3 is 0 Å². The molecule has 1 atom stereocenters. The molecule has 15 heavy (non-hydrogen) atoms. The third-order valence-electron chi connectivity index (χ3n) is 2.67. The van der Waals surface area contributed by atoms with Gasteiger partial charge in [0.15, 0.2) is 0 Å². The first-order chi connectivity index (χ1) is 7.07. The molecular formula is C13H17NS. The highest BCUT2D eigenvalue weighted by molar-refractivity contribution is 8.14. The molecule has 0 aromatic heterocycles. The Bertz CT molecular complexity index is 362. The number of aliphatic imine (C=N–C) groups is 1. The number of nitrogens with zero attached hydrogens (tertiary/aromatic N) is 1. The molecule has 2 heteroatoms. The van der Waals surface area contributed by atoms with Gasteiger partial charge in [0.2, 0.25) is 0 Å². The molecule has 0 radical (unpaired) electrons. The van der Waals surface area contributed by atoms with Crippen LogP contribution in [0.1, 0.15) is 26.3 Å². The van der Waals surface area contributed by atoms with Crippen molar-refractivity contribution < 1.29 is 0 Å². The van der Waals surface area contributed by atoms with Crippen LogP contribution in [0.25, 0.3) is 0 Å². The van der Waals surface area contributed by atoms with E-state index in [0.717, 1.165) is 5.75 Å². The van der Waals surface area contributed by atoms with E-state index in [0.29, 0.717) is 6.04 Å². The maximum Gasteiger partial charge on any atom is 0.0981 e. The van der Waals surface area contributed by atoms with Crippen LogP contribution in [-0.4, -0.2) is 16.8 Å². The quantitative estimate of drug-likeness (QED) is 0.703. The van der Waals surface area contributed by atoms with Crippen LogP contribution in [0.2, 0.25) is 0 Å². The molecule has 0 saturated carbocycles. The molecule has 1 nitrogen and oxygen atoms in total. The summed E-state index contributed by atoms with van der Waals surface area (Å²) < 4.78 is 0. The second-order valence-electron chi connectivity index (χ2n) is 4.99. The Morgan fingerprint density at radius 3 is 2.40 bits per heavy atom. The minimum Gasteiger partial charge on any atom is -0.273 e. The summed E-state index contributed by atoms with van der Waals surface area (Å²) in [5.41, 5.74) is 1.54. The first-order valence-corrected chi connectivity index (χ1v) is 6.32. The van der Waals surface area contributed by atoms with Crippen molar-refractivity contribution in [1.29, 1.82) is 0 Å². The third-order valence-corrected chi connectivity index (χ3v) is 3.77. The Morgan fingerprint density at radius 1 is 1.20 bits per heavy atom. The van der Waals surface area contributed by atoms with E-state index < -0.39 is 0 Å². The molecule has 0 saturated heterocycles. The zero-order valence-corrected chi connectivity index (χ0v) is 10.3. The minimum absolute atomic E-state index is 0.281. The van der Waals surface area contributed by atoms with Gasteiger partial charge in [-0.15, -0.1) is 11.8 Å². The van der Waals surface area contributed by atoms with Gasteiger partial charge in [-0.2, -0.15) is 0 Å². The Balaban J connectivity index is 2.21. The summed E-state index contributed by atoms with van der Waals surface area (Å²) in [7, 11) is 0. The molecule has 0 amide bonds. The summed E-state index contributed by atoms with van der Waals surface area (Å²) in [6.07, 6.45) is 0. The Kier molecular flexibility index (Phi) is 2.87. The van der Waals surface area contributed by atoms with Crippen molar-refractivity contribution in [2.24, 2.45) is 10.4 Å². The van der Waals surface area contributed by atoms with Crippen molar-refractivity contribution in [2.45, 2.75) is 26.8 Å². The number of hydrogen-bond donors (Lipinski definition) is 0. The van der Waals surface area contributed by atoms with Gasteiger partial charge in [0.05, 0.1) is 11.1 Å². The summed E-state index contributed by atoms with van der Waals surface area (Å²) in [4.78, 5) is 4.81. The van der Waals surface area contributed by atoms with E-state index in [-0.39, 0.29) is 5.41 Å². The van der Waals surface area contributed by atoms with E-state index in [4.69, 9.17) is 4.99 Å². The topological polar surface area (TPSA) is 12.4 Å². The molecule has 1 aromatic carbocycles. The molecule has 1 heterocycles. The van der Waals surface area contributed by atoms with E-state index >= 15 is 0 Å².